The molecule has 100 valence electrons. The molecule has 1 aromatic rings. The van der Waals surface area contributed by atoms with Crippen LogP contribution in [0.5, 0.6) is 5.88 Å². The van der Waals surface area contributed by atoms with Crippen LogP contribution in [-0.2, 0) is 0 Å². The number of aromatic nitrogens is 1. The second-order valence-electron chi connectivity index (χ2n) is 4.44. The zero-order chi connectivity index (χ0) is 13.0. The van der Waals surface area contributed by atoms with E-state index in [1.54, 1.807) is 12.3 Å². The Labute approximate surface area is 114 Å². The minimum absolute atomic E-state index is 0.461. The van der Waals surface area contributed by atoms with Gasteiger partial charge in [0.2, 0.25) is 5.88 Å². The van der Waals surface area contributed by atoms with Gasteiger partial charge in [-0.25, -0.2) is 9.37 Å². The van der Waals surface area contributed by atoms with E-state index in [2.05, 4.69) is 25.8 Å². The minimum Gasteiger partial charge on any atom is -0.476 e. The lowest BCUT2D eigenvalue weighted by molar-refractivity contribution is 0.245. The van der Waals surface area contributed by atoms with E-state index < -0.39 is 6.17 Å². The molecule has 4 nitrogen and oxygen atoms in total. The second-order valence-corrected chi connectivity index (χ2v) is 5.35. The van der Waals surface area contributed by atoms with Crippen LogP contribution < -0.4 is 10.5 Å². The molecule has 1 fully saturated rings. The molecule has 1 aliphatic rings. The molecule has 1 unspecified atom stereocenters. The fraction of sp³-hybridized carbons (Fsp3) is 0.583. The minimum atomic E-state index is -0.658. The quantitative estimate of drug-likeness (QED) is 0.846. The van der Waals surface area contributed by atoms with Crippen molar-refractivity contribution in [3.8, 4) is 5.88 Å². The number of hydrogen-bond acceptors (Lipinski definition) is 4. The van der Waals surface area contributed by atoms with E-state index in [-0.39, 0.29) is 0 Å². The number of nitrogens with two attached hydrogens (primary N) is 1. The molecular formula is C12H17BrFN3O. The molecule has 1 aliphatic heterocycles. The number of hydrogen-bond donors (Lipinski definition) is 1. The molecule has 18 heavy (non-hydrogen) atoms. The smallest absolute Gasteiger partial charge is 0.237 e. The van der Waals surface area contributed by atoms with Crippen LogP contribution in [0, 0.1) is 0 Å². The normalized spacial score (nSPS) is 20.2. The SMILES string of the molecule is Nc1cc(Br)cnc1OCCCN1CCC(F)C1. The molecule has 0 amide bonds. The third-order valence-corrected chi connectivity index (χ3v) is 3.35. The molecule has 0 bridgehead atoms. The van der Waals surface area contributed by atoms with E-state index in [4.69, 9.17) is 10.5 Å². The Morgan fingerprint density at radius 3 is 3.11 bits per heavy atom. The van der Waals surface area contributed by atoms with Crippen LogP contribution >= 0.6 is 15.9 Å². The summed E-state index contributed by atoms with van der Waals surface area (Å²) in [7, 11) is 0. The van der Waals surface area contributed by atoms with Gasteiger partial charge in [-0.2, -0.15) is 0 Å². The van der Waals surface area contributed by atoms with E-state index in [9.17, 15) is 4.39 Å². The van der Waals surface area contributed by atoms with Crippen molar-refractivity contribution in [1.29, 1.82) is 0 Å². The number of pyridine rings is 1. The van der Waals surface area contributed by atoms with Crippen molar-refractivity contribution in [3.63, 3.8) is 0 Å². The summed E-state index contributed by atoms with van der Waals surface area (Å²) in [6, 6.07) is 1.76. The lowest BCUT2D eigenvalue weighted by Gasteiger charge is -2.14. The molecule has 0 aliphatic carbocycles. The van der Waals surface area contributed by atoms with Gasteiger partial charge in [0.05, 0.1) is 12.3 Å². The first kappa shape index (κ1) is 13.5. The van der Waals surface area contributed by atoms with E-state index in [0.717, 1.165) is 24.0 Å². The van der Waals surface area contributed by atoms with Crippen LogP contribution in [0.2, 0.25) is 0 Å². The van der Waals surface area contributed by atoms with Gasteiger partial charge in [0.15, 0.2) is 0 Å². The standard InChI is InChI=1S/C12H17BrFN3O/c13-9-6-11(15)12(16-7-9)18-5-1-3-17-4-2-10(14)8-17/h6-7,10H,1-5,8,15H2. The predicted molar refractivity (Wildman–Crippen MR) is 72.4 cm³/mol. The highest BCUT2D eigenvalue weighted by Gasteiger charge is 2.20. The Kier molecular flexibility index (Phi) is 4.77. The summed E-state index contributed by atoms with van der Waals surface area (Å²) < 4.78 is 19.3. The van der Waals surface area contributed by atoms with Gasteiger partial charge in [-0.05, 0) is 34.8 Å². The molecule has 0 saturated carbocycles. The molecule has 6 heteroatoms. The predicted octanol–water partition coefficient (Wildman–Crippen LogP) is 2.24. The van der Waals surface area contributed by atoms with Gasteiger partial charge >= 0.3 is 0 Å². The number of nitrogen functional groups attached to an aromatic ring is 1. The van der Waals surface area contributed by atoms with Gasteiger partial charge in [0, 0.05) is 30.3 Å². The van der Waals surface area contributed by atoms with Crippen molar-refractivity contribution < 1.29 is 9.13 Å². The number of halogens is 2. The van der Waals surface area contributed by atoms with Gasteiger partial charge in [-0.3, -0.25) is 0 Å². The van der Waals surface area contributed by atoms with Crippen molar-refractivity contribution in [2.45, 2.75) is 19.0 Å². The Balaban J connectivity index is 1.69. The Bertz CT molecular complexity index is 405. The van der Waals surface area contributed by atoms with Gasteiger partial charge in [-0.15, -0.1) is 0 Å². The molecule has 1 saturated heterocycles. The summed E-state index contributed by atoms with van der Waals surface area (Å²) >= 11 is 3.29. The number of likely N-dealkylation sites (tertiary alicyclic amines) is 1. The number of anilines is 1. The molecule has 0 aromatic carbocycles. The summed E-state index contributed by atoms with van der Waals surface area (Å²) in [5, 5.41) is 0. The first-order chi connectivity index (χ1) is 8.65. The average Bonchev–Trinajstić information content (AvgIpc) is 2.73. The van der Waals surface area contributed by atoms with Crippen LogP contribution in [0.4, 0.5) is 10.1 Å². The molecule has 2 rings (SSSR count). The molecule has 0 spiro atoms. The maximum atomic E-state index is 12.9. The van der Waals surface area contributed by atoms with Crippen LogP contribution in [0.25, 0.3) is 0 Å². The van der Waals surface area contributed by atoms with Crippen LogP contribution in [0.3, 0.4) is 0 Å². The van der Waals surface area contributed by atoms with Gasteiger partial charge < -0.3 is 15.4 Å². The van der Waals surface area contributed by atoms with Crippen molar-refractivity contribution in [1.82, 2.24) is 9.88 Å². The third kappa shape index (κ3) is 3.81. The highest BCUT2D eigenvalue weighted by atomic mass is 79.9. The fourth-order valence-electron chi connectivity index (χ4n) is 2.01. The topological polar surface area (TPSA) is 51.4 Å². The summed E-state index contributed by atoms with van der Waals surface area (Å²) in [5.74, 6) is 0.461. The molecule has 1 atom stereocenters. The average molecular weight is 318 g/mol. The maximum Gasteiger partial charge on any atom is 0.237 e. The van der Waals surface area contributed by atoms with Crippen molar-refractivity contribution >= 4 is 21.6 Å². The van der Waals surface area contributed by atoms with Crippen molar-refractivity contribution in [2.24, 2.45) is 0 Å². The first-order valence-electron chi connectivity index (χ1n) is 6.05. The summed E-state index contributed by atoms with van der Waals surface area (Å²) in [6.07, 6.45) is 2.50. The number of ether oxygens (including phenoxy) is 1. The highest BCUT2D eigenvalue weighted by molar-refractivity contribution is 9.10. The summed E-state index contributed by atoms with van der Waals surface area (Å²) in [6.45, 7) is 2.81. The molecule has 2 N–H and O–H groups in total. The van der Waals surface area contributed by atoms with Crippen LogP contribution in [0.1, 0.15) is 12.8 Å². The van der Waals surface area contributed by atoms with Gasteiger partial charge in [-0.1, -0.05) is 0 Å². The lowest BCUT2D eigenvalue weighted by atomic mass is 10.3. The number of nitrogens with zero attached hydrogens (tertiary/aromatic N) is 2. The largest absolute Gasteiger partial charge is 0.476 e. The Morgan fingerprint density at radius 1 is 1.61 bits per heavy atom. The molecule has 1 aromatic heterocycles. The molecule has 0 radical (unpaired) electrons. The van der Waals surface area contributed by atoms with E-state index >= 15 is 0 Å². The third-order valence-electron chi connectivity index (χ3n) is 2.92. The number of alkyl halides is 1. The van der Waals surface area contributed by atoms with E-state index in [1.165, 1.54) is 0 Å². The second kappa shape index (κ2) is 6.33. The zero-order valence-electron chi connectivity index (χ0n) is 10.1. The lowest BCUT2D eigenvalue weighted by Crippen LogP contribution is -2.23. The van der Waals surface area contributed by atoms with Gasteiger partial charge in [0.1, 0.15) is 6.17 Å². The van der Waals surface area contributed by atoms with Crippen molar-refractivity contribution in [2.75, 3.05) is 32.0 Å². The van der Waals surface area contributed by atoms with E-state index in [0.29, 0.717) is 31.1 Å². The van der Waals surface area contributed by atoms with Crippen LogP contribution in [-0.4, -0.2) is 42.3 Å². The Morgan fingerprint density at radius 2 is 2.44 bits per heavy atom. The number of rotatable bonds is 5. The first-order valence-corrected chi connectivity index (χ1v) is 6.84. The summed E-state index contributed by atoms with van der Waals surface area (Å²) in [5.41, 5.74) is 6.29. The van der Waals surface area contributed by atoms with E-state index in [1.807, 2.05) is 0 Å². The highest BCUT2D eigenvalue weighted by Crippen LogP contribution is 2.22. The molecular weight excluding hydrogens is 301 g/mol. The maximum absolute atomic E-state index is 12.9. The monoisotopic (exact) mass is 317 g/mol. The zero-order valence-corrected chi connectivity index (χ0v) is 11.7. The van der Waals surface area contributed by atoms with Crippen molar-refractivity contribution in [3.05, 3.63) is 16.7 Å². The Hall–Kier alpha value is -0.880. The summed E-state index contributed by atoms with van der Waals surface area (Å²) in [4.78, 5) is 6.21. The fourth-order valence-corrected chi connectivity index (χ4v) is 2.36. The van der Waals surface area contributed by atoms with Crippen LogP contribution in [0.15, 0.2) is 16.7 Å². The molecule has 2 heterocycles. The van der Waals surface area contributed by atoms with Gasteiger partial charge in [0.25, 0.3) is 0 Å².